The molecular weight excluding hydrogens is 356 g/mol. The van der Waals surface area contributed by atoms with Crippen molar-refractivity contribution in [3.63, 3.8) is 0 Å². The van der Waals surface area contributed by atoms with Crippen LogP contribution in [0.5, 0.6) is 0 Å². The molecule has 136 valence electrons. The largest absolute Gasteiger partial charge is 0.353 e. The molecule has 0 bridgehead atoms. The van der Waals surface area contributed by atoms with E-state index in [0.717, 1.165) is 50.7 Å². The SMILES string of the molecule is CC1(C)CC(=O)c2c(nc(-c3ccccc3)c3[nH]c4ccccc4c23)C1.Cl. The highest BCUT2D eigenvalue weighted by Crippen LogP contribution is 2.42. The summed E-state index contributed by atoms with van der Waals surface area (Å²) in [5, 5.41) is 2.14. The molecule has 0 amide bonds. The average molecular weight is 377 g/mol. The maximum absolute atomic E-state index is 13.1. The molecule has 0 unspecified atom stereocenters. The lowest BCUT2D eigenvalue weighted by Gasteiger charge is -2.30. The Balaban J connectivity index is 0.00000180. The van der Waals surface area contributed by atoms with E-state index in [1.807, 2.05) is 30.3 Å². The van der Waals surface area contributed by atoms with Crippen LogP contribution >= 0.6 is 12.4 Å². The van der Waals surface area contributed by atoms with Gasteiger partial charge in [0.1, 0.15) is 0 Å². The van der Waals surface area contributed by atoms with E-state index in [1.54, 1.807) is 0 Å². The number of benzene rings is 2. The maximum Gasteiger partial charge on any atom is 0.165 e. The zero-order chi connectivity index (χ0) is 17.9. The lowest BCUT2D eigenvalue weighted by Crippen LogP contribution is -2.28. The van der Waals surface area contributed by atoms with Gasteiger partial charge in [-0.05, 0) is 17.9 Å². The number of hydrogen-bond acceptors (Lipinski definition) is 2. The molecule has 2 aromatic carbocycles. The number of pyridine rings is 1. The monoisotopic (exact) mass is 376 g/mol. The summed E-state index contributed by atoms with van der Waals surface area (Å²) in [6.45, 7) is 4.30. The van der Waals surface area contributed by atoms with E-state index in [-0.39, 0.29) is 23.6 Å². The molecule has 3 nitrogen and oxygen atoms in total. The summed E-state index contributed by atoms with van der Waals surface area (Å²) in [6.07, 6.45) is 1.39. The molecular formula is C23H21ClN2O. The number of aromatic nitrogens is 2. The van der Waals surface area contributed by atoms with Crippen LogP contribution in [0.3, 0.4) is 0 Å². The number of nitrogens with zero attached hydrogens (tertiary/aromatic N) is 1. The van der Waals surface area contributed by atoms with Crippen LogP contribution in [0.1, 0.15) is 36.3 Å². The van der Waals surface area contributed by atoms with Gasteiger partial charge in [0.05, 0.1) is 16.9 Å². The van der Waals surface area contributed by atoms with Crippen LogP contribution in [0.15, 0.2) is 54.6 Å². The van der Waals surface area contributed by atoms with Gasteiger partial charge in [0.2, 0.25) is 0 Å². The van der Waals surface area contributed by atoms with Crippen LogP contribution in [-0.4, -0.2) is 15.8 Å². The van der Waals surface area contributed by atoms with Crippen molar-refractivity contribution in [3.8, 4) is 11.3 Å². The smallest absolute Gasteiger partial charge is 0.165 e. The van der Waals surface area contributed by atoms with Crippen molar-refractivity contribution in [1.82, 2.24) is 9.97 Å². The fraction of sp³-hybridized carbons (Fsp3) is 0.217. The average Bonchev–Trinajstić information content (AvgIpc) is 3.00. The third-order valence-corrected chi connectivity index (χ3v) is 5.34. The number of H-pyrrole nitrogens is 1. The Hall–Kier alpha value is -2.65. The second-order valence-electron chi connectivity index (χ2n) is 8.01. The molecule has 4 heteroatoms. The lowest BCUT2D eigenvalue weighted by molar-refractivity contribution is 0.0912. The van der Waals surface area contributed by atoms with E-state index in [9.17, 15) is 4.79 Å². The molecule has 0 fully saturated rings. The summed E-state index contributed by atoms with van der Waals surface area (Å²) >= 11 is 0. The third kappa shape index (κ3) is 2.74. The van der Waals surface area contributed by atoms with Gasteiger partial charge in [0, 0.05) is 33.8 Å². The second kappa shape index (κ2) is 6.21. The predicted octanol–water partition coefficient (Wildman–Crippen LogP) is 5.96. The van der Waals surface area contributed by atoms with Crippen molar-refractivity contribution in [2.75, 3.05) is 0 Å². The summed E-state index contributed by atoms with van der Waals surface area (Å²) in [4.78, 5) is 21.6. The summed E-state index contributed by atoms with van der Waals surface area (Å²) in [7, 11) is 0. The topological polar surface area (TPSA) is 45.8 Å². The number of rotatable bonds is 1. The van der Waals surface area contributed by atoms with Crippen LogP contribution < -0.4 is 0 Å². The Kier molecular flexibility index (Phi) is 4.08. The van der Waals surface area contributed by atoms with Gasteiger partial charge in [-0.3, -0.25) is 4.79 Å². The Labute approximate surface area is 164 Å². The minimum atomic E-state index is -0.0508. The first kappa shape index (κ1) is 17.7. The summed E-state index contributed by atoms with van der Waals surface area (Å²) in [5.41, 5.74) is 5.71. The number of ketones is 1. The fourth-order valence-corrected chi connectivity index (χ4v) is 4.24. The second-order valence-corrected chi connectivity index (χ2v) is 8.01. The van der Waals surface area contributed by atoms with Crippen molar-refractivity contribution in [2.45, 2.75) is 26.7 Å². The first-order valence-corrected chi connectivity index (χ1v) is 9.05. The zero-order valence-electron chi connectivity index (χ0n) is 15.4. The van der Waals surface area contributed by atoms with Crippen LogP contribution in [0.4, 0.5) is 0 Å². The zero-order valence-corrected chi connectivity index (χ0v) is 16.2. The number of nitrogens with one attached hydrogen (secondary N) is 1. The highest BCUT2D eigenvalue weighted by atomic mass is 35.5. The molecule has 0 radical (unpaired) electrons. The Morgan fingerprint density at radius 1 is 0.963 bits per heavy atom. The first-order chi connectivity index (χ1) is 12.5. The van der Waals surface area contributed by atoms with Crippen LogP contribution in [0, 0.1) is 5.41 Å². The normalized spacial score (nSPS) is 15.6. The highest BCUT2D eigenvalue weighted by molar-refractivity contribution is 6.21. The standard InChI is InChI=1S/C23H20N2O.ClH/c1-23(2)12-17-20(18(26)13-23)19-15-10-6-7-11-16(15)24-22(19)21(25-17)14-8-4-3-5-9-14;/h3-11,24H,12-13H2,1-2H3;1H. The number of hydrogen-bond donors (Lipinski definition) is 1. The van der Waals surface area contributed by atoms with Gasteiger partial charge < -0.3 is 4.98 Å². The van der Waals surface area contributed by atoms with Crippen LogP contribution in [0.2, 0.25) is 0 Å². The molecule has 4 aromatic rings. The van der Waals surface area contributed by atoms with Crippen molar-refractivity contribution >= 4 is 40.0 Å². The number of carbonyl (C=O) groups is 1. The van der Waals surface area contributed by atoms with E-state index in [0.29, 0.717) is 6.42 Å². The lowest BCUT2D eigenvalue weighted by atomic mass is 9.74. The van der Waals surface area contributed by atoms with E-state index in [2.05, 4.69) is 43.1 Å². The first-order valence-electron chi connectivity index (χ1n) is 9.05. The van der Waals surface area contributed by atoms with E-state index in [1.165, 1.54) is 0 Å². The van der Waals surface area contributed by atoms with Gasteiger partial charge in [-0.15, -0.1) is 12.4 Å². The van der Waals surface area contributed by atoms with Crippen molar-refractivity contribution in [1.29, 1.82) is 0 Å². The van der Waals surface area contributed by atoms with Crippen molar-refractivity contribution < 1.29 is 4.79 Å². The molecule has 1 aliphatic carbocycles. The summed E-state index contributed by atoms with van der Waals surface area (Å²) < 4.78 is 0. The predicted molar refractivity (Wildman–Crippen MR) is 113 cm³/mol. The van der Waals surface area contributed by atoms with Crippen molar-refractivity contribution in [3.05, 3.63) is 65.9 Å². The molecule has 0 spiro atoms. The minimum absolute atomic E-state index is 0. The Bertz CT molecular complexity index is 1180. The van der Waals surface area contributed by atoms with Gasteiger partial charge in [0.15, 0.2) is 5.78 Å². The van der Waals surface area contributed by atoms with Crippen molar-refractivity contribution in [2.24, 2.45) is 5.41 Å². The molecule has 27 heavy (non-hydrogen) atoms. The number of Topliss-reactive ketones (excluding diaryl/α,β-unsaturated/α-hetero) is 1. The quantitative estimate of drug-likeness (QED) is 0.445. The van der Waals surface area contributed by atoms with E-state index >= 15 is 0 Å². The number of para-hydroxylation sites is 1. The van der Waals surface area contributed by atoms with Gasteiger partial charge in [-0.1, -0.05) is 62.4 Å². The maximum atomic E-state index is 13.1. The number of halogens is 1. The van der Waals surface area contributed by atoms with Gasteiger partial charge in [-0.2, -0.15) is 0 Å². The van der Waals surface area contributed by atoms with Gasteiger partial charge in [0.25, 0.3) is 0 Å². The molecule has 0 saturated heterocycles. The fourth-order valence-electron chi connectivity index (χ4n) is 4.24. The van der Waals surface area contributed by atoms with E-state index in [4.69, 9.17) is 4.98 Å². The molecule has 1 N–H and O–H groups in total. The minimum Gasteiger partial charge on any atom is -0.353 e. The summed E-state index contributed by atoms with van der Waals surface area (Å²) in [5.74, 6) is 0.207. The molecule has 0 aliphatic heterocycles. The molecule has 5 rings (SSSR count). The molecule has 2 heterocycles. The molecule has 0 saturated carbocycles. The van der Waals surface area contributed by atoms with E-state index < -0.39 is 0 Å². The van der Waals surface area contributed by atoms with Crippen LogP contribution in [-0.2, 0) is 6.42 Å². The number of fused-ring (bicyclic) bond motifs is 5. The Morgan fingerprint density at radius 2 is 1.67 bits per heavy atom. The third-order valence-electron chi connectivity index (χ3n) is 5.34. The molecule has 1 aliphatic rings. The van der Waals surface area contributed by atoms with Gasteiger partial charge in [-0.25, -0.2) is 4.98 Å². The Morgan fingerprint density at radius 3 is 2.44 bits per heavy atom. The molecule has 2 aromatic heterocycles. The van der Waals surface area contributed by atoms with Gasteiger partial charge >= 0.3 is 0 Å². The van der Waals surface area contributed by atoms with Crippen LogP contribution in [0.25, 0.3) is 33.1 Å². The number of carbonyl (C=O) groups excluding carboxylic acids is 1. The molecule has 0 atom stereocenters. The highest BCUT2D eigenvalue weighted by Gasteiger charge is 2.35. The number of aromatic amines is 1. The summed E-state index contributed by atoms with van der Waals surface area (Å²) in [6, 6.07) is 18.4.